The molecule has 5 heteroatoms. The average molecular weight is 354 g/mol. The fraction of sp³-hybridized carbons (Fsp3) is 0.133. The van der Waals surface area contributed by atoms with E-state index in [1.165, 1.54) is 0 Å². The van der Waals surface area contributed by atoms with Crippen molar-refractivity contribution in [3.8, 4) is 0 Å². The lowest BCUT2D eigenvalue weighted by Crippen LogP contribution is -2.22. The van der Waals surface area contributed by atoms with E-state index in [0.717, 1.165) is 21.4 Å². The van der Waals surface area contributed by atoms with Crippen molar-refractivity contribution in [1.82, 2.24) is 0 Å². The monoisotopic (exact) mass is 352 g/mol. The van der Waals surface area contributed by atoms with E-state index in [0.29, 0.717) is 5.02 Å². The lowest BCUT2D eigenvalue weighted by Gasteiger charge is -2.10. The summed E-state index contributed by atoms with van der Waals surface area (Å²) in [4.78, 5) is 11.9. The average Bonchev–Trinajstić information content (AvgIpc) is 2.42. The Kier molecular flexibility index (Phi) is 5.04. The van der Waals surface area contributed by atoms with Gasteiger partial charge in [-0.05, 0) is 42.8 Å². The minimum Gasteiger partial charge on any atom is -0.376 e. The van der Waals surface area contributed by atoms with Gasteiger partial charge in [0.25, 0.3) is 0 Å². The fourth-order valence-electron chi connectivity index (χ4n) is 1.72. The summed E-state index contributed by atoms with van der Waals surface area (Å²) >= 11 is 9.40. The lowest BCUT2D eigenvalue weighted by atomic mass is 10.2. The van der Waals surface area contributed by atoms with Crippen LogP contribution in [0.5, 0.6) is 0 Å². The third-order valence-electron chi connectivity index (χ3n) is 2.82. The number of rotatable bonds is 4. The molecule has 2 aromatic carbocycles. The summed E-state index contributed by atoms with van der Waals surface area (Å²) in [5.41, 5.74) is 2.49. The zero-order valence-electron chi connectivity index (χ0n) is 10.9. The number of halogens is 2. The van der Waals surface area contributed by atoms with Gasteiger partial charge >= 0.3 is 0 Å². The van der Waals surface area contributed by atoms with Crippen LogP contribution in [0.2, 0.25) is 5.02 Å². The van der Waals surface area contributed by atoms with Gasteiger partial charge in [-0.15, -0.1) is 0 Å². The highest BCUT2D eigenvalue weighted by atomic mass is 79.9. The molecule has 0 bridgehead atoms. The van der Waals surface area contributed by atoms with Crippen LogP contribution < -0.4 is 10.6 Å². The molecule has 0 spiro atoms. The maximum absolute atomic E-state index is 11.9. The first kappa shape index (κ1) is 14.9. The third-order valence-corrected chi connectivity index (χ3v) is 3.72. The molecular formula is C15H14BrClN2O. The van der Waals surface area contributed by atoms with E-state index in [4.69, 9.17) is 11.6 Å². The van der Waals surface area contributed by atoms with Crippen LogP contribution in [0, 0.1) is 6.92 Å². The van der Waals surface area contributed by atoms with Crippen LogP contribution in [0.15, 0.2) is 46.9 Å². The second kappa shape index (κ2) is 6.77. The number of benzene rings is 2. The van der Waals surface area contributed by atoms with Gasteiger partial charge in [-0.1, -0.05) is 39.7 Å². The number of hydrogen-bond donors (Lipinski definition) is 2. The number of nitrogens with one attached hydrogen (secondary N) is 2. The fourth-order valence-corrected chi connectivity index (χ4v) is 2.29. The molecule has 0 heterocycles. The molecule has 2 rings (SSSR count). The summed E-state index contributed by atoms with van der Waals surface area (Å²) in [6.45, 7) is 2.07. The first-order valence-electron chi connectivity index (χ1n) is 6.10. The molecule has 0 aliphatic carbocycles. The molecule has 0 saturated carbocycles. The molecule has 0 atom stereocenters. The summed E-state index contributed by atoms with van der Waals surface area (Å²) in [7, 11) is 0. The predicted octanol–water partition coefficient (Wildman–Crippen LogP) is 4.46. The maximum atomic E-state index is 11.9. The van der Waals surface area contributed by atoms with Crippen molar-refractivity contribution in [2.24, 2.45) is 0 Å². The Hall–Kier alpha value is -1.52. The quantitative estimate of drug-likeness (QED) is 0.852. The normalized spacial score (nSPS) is 10.2. The first-order valence-corrected chi connectivity index (χ1v) is 7.28. The van der Waals surface area contributed by atoms with E-state index in [1.54, 1.807) is 6.07 Å². The van der Waals surface area contributed by atoms with E-state index >= 15 is 0 Å². The molecule has 3 nitrogen and oxygen atoms in total. The van der Waals surface area contributed by atoms with E-state index in [9.17, 15) is 4.79 Å². The Bertz CT molecular complexity index is 631. The summed E-state index contributed by atoms with van der Waals surface area (Å²) in [6.07, 6.45) is 0. The molecule has 0 aromatic heterocycles. The number of amides is 1. The zero-order chi connectivity index (χ0) is 14.5. The molecule has 0 aliphatic rings. The van der Waals surface area contributed by atoms with Crippen LogP contribution in [-0.4, -0.2) is 12.5 Å². The van der Waals surface area contributed by atoms with Gasteiger partial charge in [0.2, 0.25) is 5.91 Å². The van der Waals surface area contributed by atoms with Crippen LogP contribution >= 0.6 is 27.5 Å². The predicted molar refractivity (Wildman–Crippen MR) is 87.5 cm³/mol. The second-order valence-corrected chi connectivity index (χ2v) is 5.65. The molecule has 0 saturated heterocycles. The molecule has 0 aliphatic heterocycles. The Morgan fingerprint density at radius 3 is 2.75 bits per heavy atom. The molecule has 0 radical (unpaired) electrons. The van der Waals surface area contributed by atoms with Gasteiger partial charge in [0.05, 0.1) is 6.54 Å². The van der Waals surface area contributed by atoms with Crippen LogP contribution in [0.4, 0.5) is 11.4 Å². The van der Waals surface area contributed by atoms with Crippen molar-refractivity contribution in [3.05, 3.63) is 57.5 Å². The van der Waals surface area contributed by atoms with Crippen LogP contribution in [0.1, 0.15) is 5.56 Å². The van der Waals surface area contributed by atoms with Gasteiger partial charge in [0.1, 0.15) is 0 Å². The van der Waals surface area contributed by atoms with Crippen molar-refractivity contribution in [2.45, 2.75) is 6.92 Å². The van der Waals surface area contributed by atoms with Gasteiger partial charge in [-0.2, -0.15) is 0 Å². The molecule has 20 heavy (non-hydrogen) atoms. The molecule has 104 valence electrons. The Morgan fingerprint density at radius 2 is 2.00 bits per heavy atom. The van der Waals surface area contributed by atoms with Crippen LogP contribution in [0.25, 0.3) is 0 Å². The van der Waals surface area contributed by atoms with Gasteiger partial charge in [-0.3, -0.25) is 4.79 Å². The van der Waals surface area contributed by atoms with Crippen LogP contribution in [-0.2, 0) is 4.79 Å². The highest BCUT2D eigenvalue weighted by molar-refractivity contribution is 9.10. The van der Waals surface area contributed by atoms with Crippen LogP contribution in [0.3, 0.4) is 0 Å². The SMILES string of the molecule is Cc1c(Cl)cccc1NC(=O)CNc1cccc(Br)c1. The number of carbonyl (C=O) groups is 1. The van der Waals surface area contributed by atoms with Crippen molar-refractivity contribution in [1.29, 1.82) is 0 Å². The third kappa shape index (κ3) is 3.99. The van der Waals surface area contributed by atoms with Gasteiger partial charge < -0.3 is 10.6 Å². The Balaban J connectivity index is 1.94. The van der Waals surface area contributed by atoms with E-state index in [-0.39, 0.29) is 12.5 Å². The van der Waals surface area contributed by atoms with Gasteiger partial charge in [0.15, 0.2) is 0 Å². The second-order valence-electron chi connectivity index (χ2n) is 4.32. The topological polar surface area (TPSA) is 41.1 Å². The largest absolute Gasteiger partial charge is 0.376 e. The molecule has 1 amide bonds. The van der Waals surface area contributed by atoms with Gasteiger partial charge in [-0.25, -0.2) is 0 Å². The minimum atomic E-state index is -0.115. The molecule has 2 N–H and O–H groups in total. The highest BCUT2D eigenvalue weighted by Gasteiger charge is 2.06. The molecule has 0 fully saturated rings. The number of hydrogen-bond acceptors (Lipinski definition) is 2. The smallest absolute Gasteiger partial charge is 0.243 e. The van der Waals surface area contributed by atoms with E-state index in [1.807, 2.05) is 43.3 Å². The molecule has 2 aromatic rings. The van der Waals surface area contributed by atoms with Crippen molar-refractivity contribution < 1.29 is 4.79 Å². The molecular weight excluding hydrogens is 340 g/mol. The van der Waals surface area contributed by atoms with E-state index < -0.39 is 0 Å². The summed E-state index contributed by atoms with van der Waals surface area (Å²) in [5.74, 6) is -0.115. The number of anilines is 2. The van der Waals surface area contributed by atoms with Crippen molar-refractivity contribution >= 4 is 44.8 Å². The Labute approximate surface area is 131 Å². The number of carbonyl (C=O) groups excluding carboxylic acids is 1. The summed E-state index contributed by atoms with van der Waals surface area (Å²) in [5, 5.41) is 6.54. The maximum Gasteiger partial charge on any atom is 0.243 e. The Morgan fingerprint density at radius 1 is 1.25 bits per heavy atom. The first-order chi connectivity index (χ1) is 9.56. The summed E-state index contributed by atoms with van der Waals surface area (Å²) < 4.78 is 0.966. The van der Waals surface area contributed by atoms with Crippen molar-refractivity contribution in [3.63, 3.8) is 0 Å². The highest BCUT2D eigenvalue weighted by Crippen LogP contribution is 2.22. The zero-order valence-corrected chi connectivity index (χ0v) is 13.3. The van der Waals surface area contributed by atoms with Crippen molar-refractivity contribution in [2.75, 3.05) is 17.2 Å². The standard InChI is InChI=1S/C15H14BrClN2O/c1-10-13(17)6-3-7-14(10)19-15(20)9-18-12-5-2-4-11(16)8-12/h2-8,18H,9H2,1H3,(H,19,20). The van der Waals surface area contributed by atoms with Gasteiger partial charge in [0, 0.05) is 20.9 Å². The van der Waals surface area contributed by atoms with E-state index in [2.05, 4.69) is 26.6 Å². The summed E-state index contributed by atoms with van der Waals surface area (Å²) in [6, 6.07) is 13.1. The molecule has 0 unspecified atom stereocenters. The lowest BCUT2D eigenvalue weighted by molar-refractivity contribution is -0.114. The minimum absolute atomic E-state index is 0.115.